The molecule has 0 unspecified atom stereocenters. The van der Waals surface area contributed by atoms with Crippen LogP contribution < -0.4 is 15.3 Å². The summed E-state index contributed by atoms with van der Waals surface area (Å²) < 4.78 is 35.9. The predicted octanol–water partition coefficient (Wildman–Crippen LogP) is 2.98. The van der Waals surface area contributed by atoms with Crippen molar-refractivity contribution in [3.05, 3.63) is 57.0 Å². The number of hydrogen-bond acceptors (Lipinski definition) is 6. The maximum absolute atomic E-state index is 12.3. The number of ether oxygens (including phenoxy) is 1. The average Bonchev–Trinajstić information content (AvgIpc) is 2.96. The fraction of sp³-hybridized carbons (Fsp3) is 0.176. The van der Waals surface area contributed by atoms with Crippen LogP contribution in [0.15, 0.2) is 60.1 Å². The molecule has 2 aromatic carbocycles. The van der Waals surface area contributed by atoms with E-state index in [-0.39, 0.29) is 16.6 Å². The number of sulfonamides is 1. The summed E-state index contributed by atoms with van der Waals surface area (Å²) in [4.78, 5) is 15.7. The van der Waals surface area contributed by atoms with Crippen LogP contribution in [0.4, 0.5) is 0 Å². The van der Waals surface area contributed by atoms with E-state index in [4.69, 9.17) is 9.15 Å². The smallest absolute Gasteiger partial charge is 0.417 e. The number of rotatable bonds is 6. The molecule has 0 amide bonds. The highest BCUT2D eigenvalue weighted by Gasteiger charge is 2.15. The number of aromatic nitrogens is 1. The fourth-order valence-electron chi connectivity index (χ4n) is 2.26. The first-order valence-corrected chi connectivity index (χ1v) is 10.2. The predicted molar refractivity (Wildman–Crippen MR) is 105 cm³/mol. The molecule has 8 nitrogen and oxygen atoms in total. The third kappa shape index (κ3) is 4.58. The van der Waals surface area contributed by atoms with Crippen molar-refractivity contribution < 1.29 is 17.6 Å². The van der Waals surface area contributed by atoms with Gasteiger partial charge >= 0.3 is 5.76 Å². The average molecular weight is 454 g/mol. The van der Waals surface area contributed by atoms with Gasteiger partial charge in [-0.3, -0.25) is 4.98 Å². The summed E-state index contributed by atoms with van der Waals surface area (Å²) in [6.45, 7) is 3.85. The Hall–Kier alpha value is -2.59. The lowest BCUT2D eigenvalue weighted by molar-refractivity contribution is 0.241. The third-order valence-electron chi connectivity index (χ3n) is 3.41. The molecule has 3 aromatic rings. The van der Waals surface area contributed by atoms with E-state index in [0.29, 0.717) is 16.8 Å². The molecule has 27 heavy (non-hydrogen) atoms. The quantitative estimate of drug-likeness (QED) is 0.439. The highest BCUT2D eigenvalue weighted by atomic mass is 79.9. The Bertz CT molecular complexity index is 1160. The van der Waals surface area contributed by atoms with Gasteiger partial charge in [-0.25, -0.2) is 9.63 Å². The van der Waals surface area contributed by atoms with Gasteiger partial charge in [-0.15, -0.1) is 0 Å². The van der Waals surface area contributed by atoms with Gasteiger partial charge in [0.15, 0.2) is 5.58 Å². The van der Waals surface area contributed by atoms with Crippen molar-refractivity contribution in [3.63, 3.8) is 0 Å². The minimum Gasteiger partial charge on any atom is -0.490 e. The van der Waals surface area contributed by atoms with Gasteiger partial charge in [0.2, 0.25) is 0 Å². The molecule has 0 fully saturated rings. The molecule has 0 radical (unpaired) electrons. The van der Waals surface area contributed by atoms with Crippen LogP contribution in [0.2, 0.25) is 0 Å². The van der Waals surface area contributed by atoms with Crippen LogP contribution in [-0.4, -0.2) is 25.7 Å². The fourth-order valence-corrected chi connectivity index (χ4v) is 3.56. The van der Waals surface area contributed by atoms with Crippen molar-refractivity contribution in [1.82, 2.24) is 9.82 Å². The Labute approximate surface area is 163 Å². The molecule has 1 aromatic heterocycles. The van der Waals surface area contributed by atoms with Crippen LogP contribution in [0.5, 0.6) is 5.75 Å². The van der Waals surface area contributed by atoms with Gasteiger partial charge in [0.05, 0.1) is 27.2 Å². The van der Waals surface area contributed by atoms with Gasteiger partial charge in [0.1, 0.15) is 5.75 Å². The van der Waals surface area contributed by atoms with E-state index in [2.05, 4.69) is 30.8 Å². The monoisotopic (exact) mass is 453 g/mol. The summed E-state index contributed by atoms with van der Waals surface area (Å²) in [6, 6.07) is 9.32. The summed E-state index contributed by atoms with van der Waals surface area (Å²) in [5, 5.41) is 3.78. The van der Waals surface area contributed by atoms with Gasteiger partial charge in [-0.05, 0) is 65.7 Å². The largest absolute Gasteiger partial charge is 0.490 e. The Morgan fingerprint density at radius 3 is 2.74 bits per heavy atom. The molecule has 2 N–H and O–H groups in total. The van der Waals surface area contributed by atoms with Gasteiger partial charge in [-0.2, -0.15) is 13.5 Å². The SMILES string of the molecule is CC(C)Oc1ccc(/C=N/NS(=O)(=O)c2ccc3[nH]c(=O)oc3c2)cc1Br. The first-order valence-electron chi connectivity index (χ1n) is 7.88. The van der Waals surface area contributed by atoms with Gasteiger partial charge in [0, 0.05) is 6.07 Å². The topological polar surface area (TPSA) is 114 Å². The van der Waals surface area contributed by atoms with Crippen molar-refractivity contribution >= 4 is 43.3 Å². The molecule has 142 valence electrons. The normalized spacial score (nSPS) is 12.1. The minimum absolute atomic E-state index is 0.0365. The van der Waals surface area contributed by atoms with Crippen molar-refractivity contribution in [2.75, 3.05) is 0 Å². The summed E-state index contributed by atoms with van der Waals surface area (Å²) in [5.41, 5.74) is 1.24. The first kappa shape index (κ1) is 19.2. The number of fused-ring (bicyclic) bond motifs is 1. The maximum atomic E-state index is 12.3. The van der Waals surface area contributed by atoms with E-state index >= 15 is 0 Å². The van der Waals surface area contributed by atoms with E-state index < -0.39 is 15.8 Å². The lowest BCUT2D eigenvalue weighted by atomic mass is 10.2. The Morgan fingerprint density at radius 1 is 1.26 bits per heavy atom. The zero-order valence-electron chi connectivity index (χ0n) is 14.4. The van der Waals surface area contributed by atoms with Crippen LogP contribution in [-0.2, 0) is 10.0 Å². The summed E-state index contributed by atoms with van der Waals surface area (Å²) in [7, 11) is -3.91. The molecular formula is C17H16BrN3O5S. The Morgan fingerprint density at radius 2 is 2.04 bits per heavy atom. The number of halogens is 1. The van der Waals surface area contributed by atoms with Crippen LogP contribution in [0.25, 0.3) is 11.1 Å². The van der Waals surface area contributed by atoms with E-state index in [0.717, 1.165) is 4.47 Å². The van der Waals surface area contributed by atoms with Gasteiger partial charge in [0.25, 0.3) is 10.0 Å². The maximum Gasteiger partial charge on any atom is 0.417 e. The lowest BCUT2D eigenvalue weighted by Gasteiger charge is -2.11. The van der Waals surface area contributed by atoms with Crippen molar-refractivity contribution in [2.24, 2.45) is 5.10 Å². The summed E-state index contributed by atoms with van der Waals surface area (Å²) >= 11 is 3.40. The molecule has 0 aliphatic rings. The Kier molecular flexibility index (Phi) is 5.38. The van der Waals surface area contributed by atoms with Crippen LogP contribution >= 0.6 is 15.9 Å². The van der Waals surface area contributed by atoms with Crippen LogP contribution in [0.1, 0.15) is 19.4 Å². The van der Waals surface area contributed by atoms with Gasteiger partial charge in [-0.1, -0.05) is 0 Å². The minimum atomic E-state index is -3.91. The van der Waals surface area contributed by atoms with Gasteiger partial charge < -0.3 is 9.15 Å². The van der Waals surface area contributed by atoms with E-state index in [1.54, 1.807) is 18.2 Å². The molecule has 3 rings (SSSR count). The van der Waals surface area contributed by atoms with E-state index in [1.165, 1.54) is 24.4 Å². The number of hydrogen-bond donors (Lipinski definition) is 2. The molecule has 0 aliphatic heterocycles. The zero-order chi connectivity index (χ0) is 19.6. The second-order valence-electron chi connectivity index (χ2n) is 5.88. The molecule has 0 saturated carbocycles. The van der Waals surface area contributed by atoms with Crippen molar-refractivity contribution in [2.45, 2.75) is 24.8 Å². The van der Waals surface area contributed by atoms with Crippen molar-refractivity contribution in [1.29, 1.82) is 0 Å². The summed E-state index contributed by atoms with van der Waals surface area (Å²) in [5.74, 6) is 0.0324. The third-order valence-corrected chi connectivity index (χ3v) is 5.25. The molecule has 0 aliphatic carbocycles. The Balaban J connectivity index is 1.75. The number of aromatic amines is 1. The number of nitrogens with zero attached hydrogens (tertiary/aromatic N) is 1. The molecule has 0 saturated heterocycles. The second-order valence-corrected chi connectivity index (χ2v) is 8.40. The number of nitrogens with one attached hydrogen (secondary N) is 2. The highest BCUT2D eigenvalue weighted by molar-refractivity contribution is 9.10. The molecule has 0 spiro atoms. The first-order chi connectivity index (χ1) is 12.7. The van der Waals surface area contributed by atoms with E-state index in [1.807, 2.05) is 13.8 Å². The van der Waals surface area contributed by atoms with Crippen molar-refractivity contribution in [3.8, 4) is 5.75 Å². The summed E-state index contributed by atoms with van der Waals surface area (Å²) in [6.07, 6.45) is 1.41. The standard InChI is InChI=1S/C17H16BrN3O5S/c1-10(2)25-15-6-3-11(7-13(15)18)9-19-21-27(23,24)12-4-5-14-16(8-12)26-17(22)20-14/h3-10,21H,1-2H3,(H,20,22)/b19-9+. The highest BCUT2D eigenvalue weighted by Crippen LogP contribution is 2.26. The molecule has 0 atom stereocenters. The second kappa shape index (κ2) is 7.57. The number of hydrazone groups is 1. The molecule has 10 heteroatoms. The molecule has 1 heterocycles. The lowest BCUT2D eigenvalue weighted by Crippen LogP contribution is -2.18. The number of benzene rings is 2. The van der Waals surface area contributed by atoms with Crippen LogP contribution in [0.3, 0.4) is 0 Å². The molecular weight excluding hydrogens is 438 g/mol. The number of H-pyrrole nitrogens is 1. The van der Waals surface area contributed by atoms with Crippen LogP contribution in [0, 0.1) is 0 Å². The van der Waals surface area contributed by atoms with E-state index in [9.17, 15) is 13.2 Å². The number of oxazole rings is 1. The molecule has 0 bridgehead atoms. The zero-order valence-corrected chi connectivity index (χ0v) is 16.8.